The molecule has 0 saturated carbocycles. The van der Waals surface area contributed by atoms with Gasteiger partial charge in [-0.1, -0.05) is 6.92 Å². The fourth-order valence-electron chi connectivity index (χ4n) is 1.56. The van der Waals surface area contributed by atoms with E-state index in [1.807, 2.05) is 48.5 Å². The molecule has 1 unspecified atom stereocenters. The molecule has 0 aliphatic rings. The first-order chi connectivity index (χ1) is 7.53. The maximum absolute atomic E-state index is 12.1. The Bertz CT molecular complexity index is 273. The van der Waals surface area contributed by atoms with Gasteiger partial charge in [0.25, 0.3) is 0 Å². The largest absolute Gasteiger partial charge is 0.444 e. The Morgan fingerprint density at radius 3 is 1.94 bits per heavy atom. The van der Waals surface area contributed by atoms with Gasteiger partial charge in [-0.2, -0.15) is 0 Å². The van der Waals surface area contributed by atoms with Crippen LogP contribution in [0.3, 0.4) is 0 Å². The highest BCUT2D eigenvalue weighted by atomic mass is 16.6. The molecule has 4 nitrogen and oxygen atoms in total. The van der Waals surface area contributed by atoms with E-state index in [0.29, 0.717) is 6.42 Å². The zero-order chi connectivity index (χ0) is 13.9. The van der Waals surface area contributed by atoms with E-state index in [1.165, 1.54) is 4.90 Å². The minimum absolute atomic E-state index is 0.440. The molecular formula is C13H25NO3. The fourth-order valence-corrected chi connectivity index (χ4v) is 1.56. The molecule has 0 N–H and O–H groups in total. The first kappa shape index (κ1) is 15.9. The second kappa shape index (κ2) is 5.52. The number of carbonyl (C=O) groups is 2. The second-order valence-corrected chi connectivity index (χ2v) is 6.13. The molecular weight excluding hydrogens is 218 g/mol. The summed E-state index contributed by atoms with van der Waals surface area (Å²) in [6.45, 7) is 13.0. The minimum Gasteiger partial charge on any atom is -0.444 e. The molecule has 1 atom stereocenters. The maximum Gasteiger partial charge on any atom is 0.411 e. The Labute approximate surface area is 104 Å². The maximum atomic E-state index is 12.1. The number of nitrogens with zero attached hydrogens (tertiary/aromatic N) is 1. The Morgan fingerprint density at radius 1 is 1.24 bits per heavy atom. The molecule has 0 radical (unpaired) electrons. The van der Waals surface area contributed by atoms with E-state index in [2.05, 4.69) is 0 Å². The van der Waals surface area contributed by atoms with Gasteiger partial charge in [-0.05, 0) is 48.0 Å². The highest BCUT2D eigenvalue weighted by Gasteiger charge is 2.35. The number of hydrogen-bond acceptors (Lipinski definition) is 3. The molecule has 4 heteroatoms. The second-order valence-electron chi connectivity index (χ2n) is 6.13. The zero-order valence-electron chi connectivity index (χ0n) is 12.0. The molecule has 0 aliphatic heterocycles. The molecule has 1 amide bonds. The molecule has 0 aliphatic carbocycles. The van der Waals surface area contributed by atoms with Crippen molar-refractivity contribution >= 4 is 12.4 Å². The van der Waals surface area contributed by atoms with Crippen molar-refractivity contribution in [3.63, 3.8) is 0 Å². The number of hydrogen-bond donors (Lipinski definition) is 0. The standard InChI is InChI=1S/C13H25NO3/c1-8-10(9-15)14(12(2,3)4)11(16)17-13(5,6)7/h9-10H,8H2,1-7H3. The van der Waals surface area contributed by atoms with E-state index in [0.717, 1.165) is 6.29 Å². The van der Waals surface area contributed by atoms with Crippen LogP contribution >= 0.6 is 0 Å². The number of rotatable bonds is 3. The summed E-state index contributed by atoms with van der Waals surface area (Å²) in [6.07, 6.45) is 0.943. The molecule has 0 aromatic carbocycles. The summed E-state index contributed by atoms with van der Waals surface area (Å²) in [5.41, 5.74) is -0.994. The van der Waals surface area contributed by atoms with Crippen LogP contribution < -0.4 is 0 Å². The third-order valence-electron chi connectivity index (χ3n) is 2.22. The summed E-state index contributed by atoms with van der Waals surface area (Å²) in [4.78, 5) is 24.7. The summed E-state index contributed by atoms with van der Waals surface area (Å²) >= 11 is 0. The molecule has 0 rings (SSSR count). The van der Waals surface area contributed by atoms with Gasteiger partial charge in [0.2, 0.25) is 0 Å². The van der Waals surface area contributed by atoms with E-state index in [1.54, 1.807) is 0 Å². The van der Waals surface area contributed by atoms with Gasteiger partial charge in [-0.15, -0.1) is 0 Å². The lowest BCUT2D eigenvalue weighted by Crippen LogP contribution is -2.53. The quantitative estimate of drug-likeness (QED) is 0.716. The topological polar surface area (TPSA) is 46.6 Å². The van der Waals surface area contributed by atoms with E-state index in [4.69, 9.17) is 4.74 Å². The molecule has 0 spiro atoms. The van der Waals surface area contributed by atoms with Crippen molar-refractivity contribution in [3.8, 4) is 0 Å². The highest BCUT2D eigenvalue weighted by molar-refractivity contribution is 5.74. The predicted molar refractivity (Wildman–Crippen MR) is 68.0 cm³/mol. The van der Waals surface area contributed by atoms with Crippen molar-refractivity contribution in [2.75, 3.05) is 0 Å². The van der Waals surface area contributed by atoms with Gasteiger partial charge in [-0.25, -0.2) is 4.79 Å². The van der Waals surface area contributed by atoms with Gasteiger partial charge in [0, 0.05) is 5.54 Å². The van der Waals surface area contributed by atoms with E-state index in [9.17, 15) is 9.59 Å². The summed E-state index contributed by atoms with van der Waals surface area (Å²) in [5.74, 6) is 0. The Morgan fingerprint density at radius 2 is 1.71 bits per heavy atom. The van der Waals surface area contributed by atoms with Gasteiger partial charge in [-0.3, -0.25) is 4.90 Å². The SMILES string of the molecule is CCC(C=O)N(C(=O)OC(C)(C)C)C(C)(C)C. The zero-order valence-corrected chi connectivity index (χ0v) is 12.0. The lowest BCUT2D eigenvalue weighted by atomic mass is 10.0. The van der Waals surface area contributed by atoms with Crippen molar-refractivity contribution in [1.82, 2.24) is 4.90 Å². The smallest absolute Gasteiger partial charge is 0.411 e. The van der Waals surface area contributed by atoms with Crippen molar-refractivity contribution < 1.29 is 14.3 Å². The lowest BCUT2D eigenvalue weighted by Gasteiger charge is -2.39. The number of carbonyl (C=O) groups excluding carboxylic acids is 2. The van der Waals surface area contributed by atoms with Crippen LogP contribution in [0, 0.1) is 0 Å². The molecule has 17 heavy (non-hydrogen) atoms. The van der Waals surface area contributed by atoms with Crippen LogP contribution in [0.1, 0.15) is 54.9 Å². The van der Waals surface area contributed by atoms with E-state index >= 15 is 0 Å². The van der Waals surface area contributed by atoms with Crippen molar-refractivity contribution in [3.05, 3.63) is 0 Å². The Kier molecular flexibility index (Phi) is 5.17. The van der Waals surface area contributed by atoms with Crippen LogP contribution in [0.5, 0.6) is 0 Å². The van der Waals surface area contributed by atoms with Gasteiger partial charge >= 0.3 is 6.09 Å². The lowest BCUT2D eigenvalue weighted by molar-refractivity contribution is -0.114. The average molecular weight is 243 g/mol. The highest BCUT2D eigenvalue weighted by Crippen LogP contribution is 2.22. The summed E-state index contributed by atoms with van der Waals surface area (Å²) in [7, 11) is 0. The number of ether oxygens (including phenoxy) is 1. The predicted octanol–water partition coefficient (Wildman–Crippen LogP) is 3.00. The van der Waals surface area contributed by atoms with Crippen molar-refractivity contribution in [2.24, 2.45) is 0 Å². The Balaban J connectivity index is 5.07. The van der Waals surface area contributed by atoms with Gasteiger partial charge < -0.3 is 9.53 Å². The number of amides is 1. The van der Waals surface area contributed by atoms with Crippen LogP contribution in [-0.2, 0) is 9.53 Å². The first-order valence-corrected chi connectivity index (χ1v) is 6.00. The molecule has 0 fully saturated rings. The summed E-state index contributed by atoms with van der Waals surface area (Å²) < 4.78 is 5.34. The fraction of sp³-hybridized carbons (Fsp3) is 0.846. The summed E-state index contributed by atoms with van der Waals surface area (Å²) in [5, 5.41) is 0. The van der Waals surface area contributed by atoms with Crippen molar-refractivity contribution in [2.45, 2.75) is 72.1 Å². The van der Waals surface area contributed by atoms with Crippen LogP contribution in [0.4, 0.5) is 4.79 Å². The van der Waals surface area contributed by atoms with E-state index in [-0.39, 0.29) is 0 Å². The van der Waals surface area contributed by atoms with Crippen LogP contribution in [0.2, 0.25) is 0 Å². The number of aldehydes is 1. The Hall–Kier alpha value is -1.06. The third kappa shape index (κ3) is 5.20. The molecule has 100 valence electrons. The first-order valence-electron chi connectivity index (χ1n) is 6.00. The van der Waals surface area contributed by atoms with Crippen LogP contribution in [0.25, 0.3) is 0 Å². The molecule has 0 heterocycles. The monoisotopic (exact) mass is 243 g/mol. The third-order valence-corrected chi connectivity index (χ3v) is 2.22. The molecule has 0 aromatic rings. The molecule has 0 aromatic heterocycles. The van der Waals surface area contributed by atoms with Crippen LogP contribution in [-0.4, -0.2) is 34.5 Å². The van der Waals surface area contributed by atoms with Gasteiger partial charge in [0.1, 0.15) is 11.9 Å². The van der Waals surface area contributed by atoms with E-state index < -0.39 is 23.3 Å². The minimum atomic E-state index is -0.554. The van der Waals surface area contributed by atoms with Gasteiger partial charge in [0.15, 0.2) is 0 Å². The van der Waals surface area contributed by atoms with Gasteiger partial charge in [0.05, 0.1) is 6.04 Å². The van der Waals surface area contributed by atoms with Crippen molar-refractivity contribution in [1.29, 1.82) is 0 Å². The molecule has 0 bridgehead atoms. The summed E-state index contributed by atoms with van der Waals surface area (Å²) in [6, 6.07) is -0.440. The van der Waals surface area contributed by atoms with Crippen LogP contribution in [0.15, 0.2) is 0 Å². The molecule has 0 saturated heterocycles. The average Bonchev–Trinajstić information content (AvgIpc) is 2.08. The normalized spacial score (nSPS) is 14.1.